The maximum absolute atomic E-state index is 12.5. The van der Waals surface area contributed by atoms with Crippen LogP contribution >= 0.6 is 0 Å². The lowest BCUT2D eigenvalue weighted by Gasteiger charge is -2.39. The average molecular weight is 340 g/mol. The van der Waals surface area contributed by atoms with Gasteiger partial charge >= 0.3 is 6.03 Å². The molecular weight excluding hydrogens is 320 g/mol. The maximum atomic E-state index is 12.5. The Hall–Kier alpha value is -3.00. The Kier molecular flexibility index (Phi) is 5.20. The van der Waals surface area contributed by atoms with Crippen molar-refractivity contribution in [2.24, 2.45) is 5.73 Å². The number of imide groups is 1. The van der Waals surface area contributed by atoms with Gasteiger partial charge in [0.2, 0.25) is 5.91 Å². The van der Waals surface area contributed by atoms with E-state index in [1.54, 1.807) is 18.6 Å². The van der Waals surface area contributed by atoms with Gasteiger partial charge in [-0.2, -0.15) is 0 Å². The van der Waals surface area contributed by atoms with Crippen molar-refractivity contribution in [2.45, 2.75) is 6.04 Å². The number of nitrogens with one attached hydrogen (secondary N) is 1. The van der Waals surface area contributed by atoms with E-state index in [0.717, 1.165) is 11.4 Å². The van der Waals surface area contributed by atoms with Crippen molar-refractivity contribution in [1.29, 1.82) is 0 Å². The number of urea groups is 1. The normalized spacial score (nSPS) is 16.2. The first-order valence-electron chi connectivity index (χ1n) is 8.05. The number of aromatic nitrogens is 2. The van der Waals surface area contributed by atoms with Gasteiger partial charge in [0.15, 0.2) is 0 Å². The molecule has 0 bridgehead atoms. The van der Waals surface area contributed by atoms with Crippen LogP contribution in [0, 0.1) is 0 Å². The molecule has 0 spiro atoms. The first kappa shape index (κ1) is 16.8. The second-order valence-corrected chi connectivity index (χ2v) is 5.75. The van der Waals surface area contributed by atoms with Crippen LogP contribution in [0.15, 0.2) is 48.9 Å². The monoisotopic (exact) mass is 340 g/mol. The molecule has 1 aromatic heterocycles. The Balaban J connectivity index is 1.74. The minimum Gasteiger partial charge on any atom is -0.353 e. The lowest BCUT2D eigenvalue weighted by molar-refractivity contribution is -0.125. The summed E-state index contributed by atoms with van der Waals surface area (Å²) >= 11 is 0. The van der Waals surface area contributed by atoms with Gasteiger partial charge in [-0.15, -0.1) is 0 Å². The van der Waals surface area contributed by atoms with Crippen LogP contribution in [0.4, 0.5) is 10.6 Å². The fourth-order valence-electron chi connectivity index (χ4n) is 3.02. The highest BCUT2D eigenvalue weighted by molar-refractivity contribution is 5.96. The molecular formula is C17H20N6O2. The van der Waals surface area contributed by atoms with Crippen LogP contribution in [0.5, 0.6) is 0 Å². The van der Waals surface area contributed by atoms with Crippen molar-refractivity contribution >= 4 is 17.8 Å². The Morgan fingerprint density at radius 1 is 1.08 bits per heavy atom. The fraction of sp³-hybridized carbons (Fsp3) is 0.294. The summed E-state index contributed by atoms with van der Waals surface area (Å²) in [5.41, 5.74) is 5.95. The van der Waals surface area contributed by atoms with Gasteiger partial charge in [-0.05, 0) is 5.56 Å². The van der Waals surface area contributed by atoms with Gasteiger partial charge in [0, 0.05) is 38.6 Å². The quantitative estimate of drug-likeness (QED) is 0.841. The summed E-state index contributed by atoms with van der Waals surface area (Å²) < 4.78 is 0. The van der Waals surface area contributed by atoms with Crippen LogP contribution in [-0.4, -0.2) is 53.0 Å². The molecule has 0 saturated carbocycles. The van der Waals surface area contributed by atoms with E-state index < -0.39 is 18.0 Å². The zero-order chi connectivity index (χ0) is 17.6. The summed E-state index contributed by atoms with van der Waals surface area (Å²) in [5.74, 6) is 0.409. The van der Waals surface area contributed by atoms with Gasteiger partial charge in [0.1, 0.15) is 11.9 Å². The first-order chi connectivity index (χ1) is 12.1. The zero-order valence-corrected chi connectivity index (χ0v) is 13.7. The molecule has 25 heavy (non-hydrogen) atoms. The third-order valence-corrected chi connectivity index (χ3v) is 4.16. The molecule has 130 valence electrons. The number of carbonyl (C=O) groups excluding carboxylic acids is 2. The van der Waals surface area contributed by atoms with E-state index in [0.29, 0.717) is 26.2 Å². The zero-order valence-electron chi connectivity index (χ0n) is 13.7. The molecule has 1 saturated heterocycles. The number of piperazine rings is 1. The highest BCUT2D eigenvalue weighted by Gasteiger charge is 2.31. The third-order valence-electron chi connectivity index (χ3n) is 4.16. The molecule has 1 aliphatic rings. The van der Waals surface area contributed by atoms with E-state index in [-0.39, 0.29) is 0 Å². The minimum atomic E-state index is -0.843. The Labute approximate surface area is 145 Å². The molecule has 1 aliphatic heterocycles. The number of benzene rings is 1. The van der Waals surface area contributed by atoms with Crippen LogP contribution in [0.25, 0.3) is 0 Å². The van der Waals surface area contributed by atoms with Crippen molar-refractivity contribution in [2.75, 3.05) is 31.1 Å². The number of nitrogens with zero attached hydrogens (tertiary/aromatic N) is 4. The molecule has 8 heteroatoms. The second-order valence-electron chi connectivity index (χ2n) is 5.75. The summed E-state index contributed by atoms with van der Waals surface area (Å²) in [4.78, 5) is 36.2. The van der Waals surface area contributed by atoms with Crippen LogP contribution in [-0.2, 0) is 4.79 Å². The van der Waals surface area contributed by atoms with Gasteiger partial charge in [-0.3, -0.25) is 20.0 Å². The summed E-state index contributed by atoms with van der Waals surface area (Å²) in [6.07, 6.45) is 5.03. The summed E-state index contributed by atoms with van der Waals surface area (Å²) in [6.45, 7) is 2.74. The third kappa shape index (κ3) is 4.10. The van der Waals surface area contributed by atoms with Crippen molar-refractivity contribution < 1.29 is 9.59 Å². The molecule has 0 aliphatic carbocycles. The predicted octanol–water partition coefficient (Wildman–Crippen LogP) is 0.535. The average Bonchev–Trinajstić information content (AvgIpc) is 2.63. The van der Waals surface area contributed by atoms with E-state index in [9.17, 15) is 9.59 Å². The molecule has 8 nitrogen and oxygen atoms in total. The van der Waals surface area contributed by atoms with E-state index >= 15 is 0 Å². The highest BCUT2D eigenvalue weighted by Crippen LogP contribution is 2.23. The number of anilines is 1. The fourth-order valence-corrected chi connectivity index (χ4v) is 3.02. The van der Waals surface area contributed by atoms with Crippen molar-refractivity contribution in [3.63, 3.8) is 0 Å². The Bertz CT molecular complexity index is 716. The molecule has 1 fully saturated rings. The summed E-state index contributed by atoms with van der Waals surface area (Å²) in [5, 5.41) is 2.20. The number of primary amides is 1. The van der Waals surface area contributed by atoms with Gasteiger partial charge in [0.25, 0.3) is 0 Å². The van der Waals surface area contributed by atoms with Crippen molar-refractivity contribution in [3.05, 3.63) is 54.5 Å². The smallest absolute Gasteiger partial charge is 0.318 e. The van der Waals surface area contributed by atoms with Gasteiger partial charge in [0.05, 0.1) is 6.20 Å². The molecule has 2 heterocycles. The van der Waals surface area contributed by atoms with E-state index in [1.165, 1.54) is 0 Å². The number of nitrogens with two attached hydrogens (primary N) is 1. The Morgan fingerprint density at radius 3 is 2.40 bits per heavy atom. The standard InChI is InChI=1S/C17H20N6O2/c18-17(25)21-16(24)15(13-4-2-1-3-5-13)23-10-8-22(9-11-23)14-12-19-6-7-20-14/h1-7,12,15H,8-11H2,(H3,18,21,24,25)/t15-/m1/s1. The summed E-state index contributed by atoms with van der Waals surface area (Å²) in [6, 6.07) is 7.98. The lowest BCUT2D eigenvalue weighted by Crippen LogP contribution is -2.52. The maximum Gasteiger partial charge on any atom is 0.318 e. The van der Waals surface area contributed by atoms with Crippen molar-refractivity contribution in [3.8, 4) is 0 Å². The molecule has 1 atom stereocenters. The predicted molar refractivity (Wildman–Crippen MR) is 92.7 cm³/mol. The van der Waals surface area contributed by atoms with Crippen LogP contribution < -0.4 is 16.0 Å². The number of hydrogen-bond acceptors (Lipinski definition) is 6. The molecule has 3 rings (SSSR count). The number of hydrogen-bond donors (Lipinski definition) is 2. The van der Waals surface area contributed by atoms with Crippen LogP contribution in [0.3, 0.4) is 0 Å². The summed E-state index contributed by atoms with van der Waals surface area (Å²) in [7, 11) is 0. The molecule has 0 unspecified atom stereocenters. The van der Waals surface area contributed by atoms with Gasteiger partial charge in [-0.25, -0.2) is 9.78 Å². The van der Waals surface area contributed by atoms with E-state index in [4.69, 9.17) is 5.73 Å². The van der Waals surface area contributed by atoms with E-state index in [1.807, 2.05) is 35.2 Å². The first-order valence-corrected chi connectivity index (χ1v) is 8.05. The molecule has 3 N–H and O–H groups in total. The largest absolute Gasteiger partial charge is 0.353 e. The minimum absolute atomic E-state index is 0.411. The highest BCUT2D eigenvalue weighted by atomic mass is 16.2. The Morgan fingerprint density at radius 2 is 1.80 bits per heavy atom. The SMILES string of the molecule is NC(=O)NC(=O)[C@@H](c1ccccc1)N1CCN(c2cnccn2)CC1. The molecule has 1 aromatic carbocycles. The molecule has 3 amide bonds. The van der Waals surface area contributed by atoms with Crippen molar-refractivity contribution in [1.82, 2.24) is 20.2 Å². The van der Waals surface area contributed by atoms with Crippen LogP contribution in [0.1, 0.15) is 11.6 Å². The van der Waals surface area contributed by atoms with E-state index in [2.05, 4.69) is 20.2 Å². The number of rotatable bonds is 4. The molecule has 2 aromatic rings. The van der Waals surface area contributed by atoms with Gasteiger partial charge in [-0.1, -0.05) is 30.3 Å². The molecule has 0 radical (unpaired) electrons. The van der Waals surface area contributed by atoms with Gasteiger partial charge < -0.3 is 10.6 Å². The number of carbonyl (C=O) groups is 2. The second kappa shape index (κ2) is 7.71. The topological polar surface area (TPSA) is 104 Å². The lowest BCUT2D eigenvalue weighted by atomic mass is 10.0. The number of amides is 3. The van der Waals surface area contributed by atoms with Crippen LogP contribution in [0.2, 0.25) is 0 Å².